The molecule has 2 aromatic heterocycles. The monoisotopic (exact) mass is 379 g/mol. The van der Waals surface area contributed by atoms with Crippen molar-refractivity contribution in [2.24, 2.45) is 11.7 Å². The molecule has 2 aromatic rings. The molecule has 126 valence electrons. The van der Waals surface area contributed by atoms with Gasteiger partial charge >= 0.3 is 0 Å². The molecule has 1 aliphatic carbocycles. The second-order valence-corrected chi connectivity index (χ2v) is 8.27. The van der Waals surface area contributed by atoms with Gasteiger partial charge in [-0.05, 0) is 54.4 Å². The molecular formula is C16H17N3O2S3. The number of nitrogens with two attached hydrogens (primary N) is 1. The summed E-state index contributed by atoms with van der Waals surface area (Å²) in [5.41, 5.74) is 7.11. The Kier molecular flexibility index (Phi) is 4.98. The second kappa shape index (κ2) is 7.00. The third-order valence-electron chi connectivity index (χ3n) is 3.96. The highest BCUT2D eigenvalue weighted by atomic mass is 32.1. The van der Waals surface area contributed by atoms with Gasteiger partial charge in [0.25, 0.3) is 11.8 Å². The van der Waals surface area contributed by atoms with Crippen LogP contribution >= 0.6 is 34.9 Å². The van der Waals surface area contributed by atoms with Crippen molar-refractivity contribution in [2.45, 2.75) is 26.2 Å². The highest BCUT2D eigenvalue weighted by Crippen LogP contribution is 2.39. The number of thiocarbonyl (C=S) groups is 1. The molecule has 0 radical (unpaired) electrons. The van der Waals surface area contributed by atoms with Gasteiger partial charge in [0.1, 0.15) is 5.00 Å². The van der Waals surface area contributed by atoms with E-state index < -0.39 is 5.91 Å². The Balaban J connectivity index is 1.78. The number of fused-ring (bicyclic) bond motifs is 1. The summed E-state index contributed by atoms with van der Waals surface area (Å²) in [7, 11) is 0. The topological polar surface area (TPSA) is 84.2 Å². The van der Waals surface area contributed by atoms with Crippen LogP contribution in [0.2, 0.25) is 0 Å². The maximum atomic E-state index is 12.0. The summed E-state index contributed by atoms with van der Waals surface area (Å²) in [6.07, 6.45) is 2.83. The molecule has 5 nitrogen and oxygen atoms in total. The molecule has 1 atom stereocenters. The van der Waals surface area contributed by atoms with Crippen molar-refractivity contribution in [1.29, 1.82) is 0 Å². The quantitative estimate of drug-likeness (QED) is 0.715. The van der Waals surface area contributed by atoms with Gasteiger partial charge < -0.3 is 11.1 Å². The van der Waals surface area contributed by atoms with E-state index in [2.05, 4.69) is 17.6 Å². The number of hydrogen-bond acceptors (Lipinski definition) is 5. The fraction of sp³-hybridized carbons (Fsp3) is 0.312. The molecule has 2 heterocycles. The lowest BCUT2D eigenvalue weighted by molar-refractivity contribution is 0.0979. The highest BCUT2D eigenvalue weighted by Gasteiger charge is 2.27. The average molecular weight is 380 g/mol. The average Bonchev–Trinajstić information content (AvgIpc) is 3.13. The smallest absolute Gasteiger partial charge is 0.267 e. The van der Waals surface area contributed by atoms with Crippen LogP contribution < -0.4 is 16.4 Å². The van der Waals surface area contributed by atoms with E-state index in [1.54, 1.807) is 12.1 Å². The van der Waals surface area contributed by atoms with Crippen LogP contribution in [0.1, 0.15) is 43.8 Å². The van der Waals surface area contributed by atoms with E-state index in [1.807, 2.05) is 5.38 Å². The molecule has 0 aromatic carbocycles. The number of thiophene rings is 2. The molecule has 24 heavy (non-hydrogen) atoms. The van der Waals surface area contributed by atoms with Crippen molar-refractivity contribution in [1.82, 2.24) is 5.32 Å². The molecule has 0 fully saturated rings. The Labute approximate surface area is 153 Å². The Morgan fingerprint density at radius 3 is 2.88 bits per heavy atom. The lowest BCUT2D eigenvalue weighted by Crippen LogP contribution is -2.34. The predicted octanol–water partition coefficient (Wildman–Crippen LogP) is 3.16. The molecule has 0 saturated heterocycles. The maximum absolute atomic E-state index is 12.0. The van der Waals surface area contributed by atoms with Gasteiger partial charge in [-0.15, -0.1) is 22.7 Å². The van der Waals surface area contributed by atoms with E-state index in [9.17, 15) is 9.59 Å². The first-order valence-electron chi connectivity index (χ1n) is 7.56. The van der Waals surface area contributed by atoms with Gasteiger partial charge in [-0.3, -0.25) is 14.9 Å². The van der Waals surface area contributed by atoms with Crippen molar-refractivity contribution >= 4 is 56.8 Å². The third kappa shape index (κ3) is 3.50. The molecule has 0 saturated carbocycles. The zero-order chi connectivity index (χ0) is 17.3. The number of carbonyl (C=O) groups is 2. The van der Waals surface area contributed by atoms with Gasteiger partial charge in [-0.2, -0.15) is 0 Å². The summed E-state index contributed by atoms with van der Waals surface area (Å²) < 4.78 is 0. The molecule has 0 spiro atoms. The van der Waals surface area contributed by atoms with E-state index in [0.717, 1.165) is 24.8 Å². The Morgan fingerprint density at radius 1 is 1.42 bits per heavy atom. The zero-order valence-corrected chi connectivity index (χ0v) is 15.5. The van der Waals surface area contributed by atoms with Gasteiger partial charge in [-0.1, -0.05) is 13.0 Å². The summed E-state index contributed by atoms with van der Waals surface area (Å²) in [5, 5.41) is 8.23. The van der Waals surface area contributed by atoms with Crippen molar-refractivity contribution in [3.8, 4) is 0 Å². The summed E-state index contributed by atoms with van der Waals surface area (Å²) >= 11 is 8.05. The van der Waals surface area contributed by atoms with E-state index >= 15 is 0 Å². The van der Waals surface area contributed by atoms with Gasteiger partial charge in [0, 0.05) is 4.88 Å². The lowest BCUT2D eigenvalue weighted by atomic mass is 9.88. The summed E-state index contributed by atoms with van der Waals surface area (Å²) in [5.74, 6) is -0.134. The molecule has 0 bridgehead atoms. The van der Waals surface area contributed by atoms with Gasteiger partial charge in [-0.25, -0.2) is 0 Å². The normalized spacial score (nSPS) is 16.3. The van der Waals surface area contributed by atoms with Crippen molar-refractivity contribution in [3.05, 3.63) is 38.4 Å². The lowest BCUT2D eigenvalue weighted by Gasteiger charge is -2.18. The van der Waals surface area contributed by atoms with E-state index in [-0.39, 0.29) is 11.0 Å². The first-order chi connectivity index (χ1) is 11.5. The molecule has 3 rings (SSSR count). The third-order valence-corrected chi connectivity index (χ3v) is 6.20. The molecule has 2 amide bonds. The van der Waals surface area contributed by atoms with Crippen molar-refractivity contribution in [2.75, 3.05) is 5.32 Å². The van der Waals surface area contributed by atoms with Gasteiger partial charge in [0.2, 0.25) is 0 Å². The molecular weight excluding hydrogens is 362 g/mol. The second-order valence-electron chi connectivity index (χ2n) is 5.81. The van der Waals surface area contributed by atoms with Crippen LogP contribution in [0.3, 0.4) is 0 Å². The maximum Gasteiger partial charge on any atom is 0.267 e. The Bertz CT molecular complexity index is 796. The van der Waals surface area contributed by atoms with Crippen molar-refractivity contribution < 1.29 is 9.59 Å². The molecule has 1 aliphatic rings. The minimum atomic E-state index is -0.461. The summed E-state index contributed by atoms with van der Waals surface area (Å²) in [6.45, 7) is 2.20. The first-order valence-corrected chi connectivity index (χ1v) is 9.66. The number of primary amides is 1. The van der Waals surface area contributed by atoms with Crippen LogP contribution in [0, 0.1) is 5.92 Å². The van der Waals surface area contributed by atoms with Crippen LogP contribution in [-0.4, -0.2) is 16.9 Å². The van der Waals surface area contributed by atoms with Crippen LogP contribution in [0.15, 0.2) is 17.5 Å². The largest absolute Gasteiger partial charge is 0.365 e. The van der Waals surface area contributed by atoms with E-state index in [4.69, 9.17) is 18.0 Å². The van der Waals surface area contributed by atoms with Crippen LogP contribution in [-0.2, 0) is 12.8 Å². The van der Waals surface area contributed by atoms with E-state index in [0.29, 0.717) is 21.4 Å². The van der Waals surface area contributed by atoms with E-state index in [1.165, 1.54) is 27.6 Å². The molecule has 8 heteroatoms. The molecule has 0 aliphatic heterocycles. The SMILES string of the molecule is C[C@@H]1CCc2c(sc(NC(=S)NC(=O)c3cccs3)c2C(N)=O)C1. The van der Waals surface area contributed by atoms with Gasteiger partial charge in [0.05, 0.1) is 10.4 Å². The number of carbonyl (C=O) groups excluding carboxylic acids is 2. The van der Waals surface area contributed by atoms with Crippen LogP contribution in [0.25, 0.3) is 0 Å². The van der Waals surface area contributed by atoms with Crippen LogP contribution in [0.5, 0.6) is 0 Å². The Hall–Kier alpha value is -1.77. The fourth-order valence-corrected chi connectivity index (χ4v) is 5.11. The fourth-order valence-electron chi connectivity index (χ4n) is 2.81. The number of nitrogens with one attached hydrogen (secondary N) is 2. The predicted molar refractivity (Wildman–Crippen MR) is 102 cm³/mol. The van der Waals surface area contributed by atoms with Crippen molar-refractivity contribution in [3.63, 3.8) is 0 Å². The number of anilines is 1. The number of hydrogen-bond donors (Lipinski definition) is 3. The summed E-state index contributed by atoms with van der Waals surface area (Å²) in [6, 6.07) is 3.53. The minimum absolute atomic E-state index is 0.169. The zero-order valence-electron chi connectivity index (χ0n) is 13.0. The highest BCUT2D eigenvalue weighted by molar-refractivity contribution is 7.80. The molecule has 4 N–H and O–H groups in total. The number of amides is 2. The molecule has 0 unspecified atom stereocenters. The number of rotatable bonds is 3. The Morgan fingerprint density at radius 2 is 2.21 bits per heavy atom. The van der Waals surface area contributed by atoms with Crippen LogP contribution in [0.4, 0.5) is 5.00 Å². The first kappa shape index (κ1) is 17.1. The standard InChI is InChI=1S/C16H17N3O2S3/c1-8-4-5-9-11(7-8)24-15(12(9)13(17)20)19-16(22)18-14(21)10-3-2-6-23-10/h2-3,6,8H,4-5,7H2,1H3,(H2,17,20)(H2,18,19,21,22)/t8-/m1/s1. The minimum Gasteiger partial charge on any atom is -0.365 e. The van der Waals surface area contributed by atoms with Gasteiger partial charge in [0.15, 0.2) is 5.11 Å². The summed E-state index contributed by atoms with van der Waals surface area (Å²) in [4.78, 5) is 25.7.